The normalized spacial score (nSPS) is 21.0. The maximum Gasteiger partial charge on any atom is 0.334 e. The zero-order valence-electron chi connectivity index (χ0n) is 13.3. The number of carbonyl (C=O) groups excluding carboxylic acids is 2. The topological polar surface area (TPSA) is 52.6 Å². The fourth-order valence-electron chi connectivity index (χ4n) is 3.37. The van der Waals surface area contributed by atoms with E-state index in [2.05, 4.69) is 0 Å². The lowest BCUT2D eigenvalue weighted by atomic mass is 9.76. The number of ether oxygens (including phenoxy) is 2. The minimum Gasteiger partial charge on any atom is -0.462 e. The lowest BCUT2D eigenvalue weighted by Crippen LogP contribution is -2.28. The van der Waals surface area contributed by atoms with Crippen LogP contribution >= 0.6 is 11.6 Å². The molecule has 2 aromatic rings. The lowest BCUT2D eigenvalue weighted by molar-refractivity contribution is -0.148. The van der Waals surface area contributed by atoms with Crippen molar-refractivity contribution in [3.8, 4) is 0 Å². The van der Waals surface area contributed by atoms with Crippen LogP contribution in [0.1, 0.15) is 22.6 Å². The third-order valence-corrected chi connectivity index (χ3v) is 4.84. The van der Waals surface area contributed by atoms with E-state index in [0.29, 0.717) is 10.6 Å². The Morgan fingerprint density at radius 3 is 2.80 bits per heavy atom. The Morgan fingerprint density at radius 1 is 1.20 bits per heavy atom. The Kier molecular flexibility index (Phi) is 4.06. The number of hydrogen-bond acceptors (Lipinski definition) is 4. The fraction of sp³-hybridized carbons (Fsp3) is 0.200. The zero-order chi connectivity index (χ0) is 17.4. The Bertz CT molecular complexity index is 873. The van der Waals surface area contributed by atoms with Gasteiger partial charge >= 0.3 is 11.9 Å². The molecule has 1 fully saturated rings. The Balaban J connectivity index is 1.65. The molecule has 126 valence electrons. The highest BCUT2D eigenvalue weighted by Gasteiger charge is 2.45. The molecule has 0 unspecified atom stereocenters. The van der Waals surface area contributed by atoms with Crippen molar-refractivity contribution in [2.75, 3.05) is 6.61 Å². The molecule has 2 aromatic carbocycles. The molecule has 2 aliphatic rings. The van der Waals surface area contributed by atoms with Crippen molar-refractivity contribution < 1.29 is 19.1 Å². The summed E-state index contributed by atoms with van der Waals surface area (Å²) in [6.07, 6.45) is 1.78. The van der Waals surface area contributed by atoms with Crippen LogP contribution in [-0.4, -0.2) is 18.5 Å². The molecule has 0 radical (unpaired) electrons. The lowest BCUT2D eigenvalue weighted by Gasteiger charge is -2.27. The minimum absolute atomic E-state index is 0.182. The van der Waals surface area contributed by atoms with Crippen LogP contribution < -0.4 is 0 Å². The van der Waals surface area contributed by atoms with E-state index in [4.69, 9.17) is 21.1 Å². The van der Waals surface area contributed by atoms with Crippen LogP contribution in [0.2, 0.25) is 5.02 Å². The van der Waals surface area contributed by atoms with Gasteiger partial charge < -0.3 is 9.47 Å². The predicted molar refractivity (Wildman–Crippen MR) is 92.9 cm³/mol. The molecule has 4 rings (SSSR count). The quantitative estimate of drug-likeness (QED) is 0.788. The molecular weight excluding hydrogens is 340 g/mol. The minimum atomic E-state index is -0.594. The number of hydrogen-bond donors (Lipinski definition) is 0. The number of fused-ring (bicyclic) bond motifs is 2. The number of cyclic esters (lactones) is 1. The van der Waals surface area contributed by atoms with Crippen LogP contribution in [-0.2, 0) is 25.7 Å². The van der Waals surface area contributed by atoms with Crippen LogP contribution in [0, 0.1) is 5.92 Å². The van der Waals surface area contributed by atoms with Crippen LogP contribution in [0.3, 0.4) is 0 Å². The molecule has 2 atom stereocenters. The first-order valence-electron chi connectivity index (χ1n) is 8.02. The van der Waals surface area contributed by atoms with Gasteiger partial charge in [0.1, 0.15) is 6.61 Å². The maximum atomic E-state index is 12.8. The van der Waals surface area contributed by atoms with Crippen LogP contribution in [0.4, 0.5) is 0 Å². The van der Waals surface area contributed by atoms with E-state index < -0.39 is 5.92 Å². The number of rotatable bonds is 3. The smallest absolute Gasteiger partial charge is 0.334 e. The number of esters is 2. The molecule has 25 heavy (non-hydrogen) atoms. The molecular formula is C20H15ClO4. The summed E-state index contributed by atoms with van der Waals surface area (Å²) in [5.41, 5.74) is 3.01. The summed E-state index contributed by atoms with van der Waals surface area (Å²) in [6, 6.07) is 14.8. The second-order valence-electron chi connectivity index (χ2n) is 6.15. The van der Waals surface area contributed by atoms with Gasteiger partial charge in [-0.05, 0) is 34.9 Å². The third kappa shape index (κ3) is 2.94. The van der Waals surface area contributed by atoms with Gasteiger partial charge in [0.25, 0.3) is 0 Å². The van der Waals surface area contributed by atoms with Gasteiger partial charge in [-0.25, -0.2) is 4.79 Å². The van der Waals surface area contributed by atoms with Gasteiger partial charge in [0, 0.05) is 16.5 Å². The Hall–Kier alpha value is -2.59. The molecule has 1 saturated heterocycles. The van der Waals surface area contributed by atoms with Crippen molar-refractivity contribution in [3.05, 3.63) is 75.8 Å². The summed E-state index contributed by atoms with van der Waals surface area (Å²) in [6.45, 7) is 0.369. The van der Waals surface area contributed by atoms with Crippen molar-refractivity contribution in [1.29, 1.82) is 0 Å². The first-order valence-corrected chi connectivity index (χ1v) is 8.40. The number of halogens is 1. The van der Waals surface area contributed by atoms with Crippen molar-refractivity contribution in [1.82, 2.24) is 0 Å². The van der Waals surface area contributed by atoms with Crippen molar-refractivity contribution in [3.63, 3.8) is 0 Å². The molecule has 1 aliphatic heterocycles. The van der Waals surface area contributed by atoms with Crippen molar-refractivity contribution in [2.24, 2.45) is 5.92 Å². The van der Waals surface area contributed by atoms with Crippen LogP contribution in [0.5, 0.6) is 0 Å². The van der Waals surface area contributed by atoms with Gasteiger partial charge in [-0.1, -0.05) is 48.0 Å². The van der Waals surface area contributed by atoms with E-state index in [1.54, 1.807) is 18.2 Å². The Labute approximate surface area is 150 Å². The molecule has 0 aromatic heterocycles. The predicted octanol–water partition coefficient (Wildman–Crippen LogP) is 3.74. The second kappa shape index (κ2) is 6.37. The molecule has 0 spiro atoms. The van der Waals surface area contributed by atoms with Gasteiger partial charge in [0.2, 0.25) is 0 Å². The van der Waals surface area contributed by atoms with Gasteiger partial charge in [0.05, 0.1) is 12.5 Å². The molecule has 0 N–H and O–H groups in total. The van der Waals surface area contributed by atoms with E-state index in [9.17, 15) is 9.59 Å². The number of benzene rings is 2. The van der Waals surface area contributed by atoms with E-state index in [1.807, 2.05) is 36.4 Å². The van der Waals surface area contributed by atoms with Gasteiger partial charge in [-0.3, -0.25) is 4.79 Å². The second-order valence-corrected chi connectivity index (χ2v) is 6.59. The first kappa shape index (κ1) is 15.9. The highest BCUT2D eigenvalue weighted by Crippen LogP contribution is 2.43. The monoisotopic (exact) mass is 354 g/mol. The molecule has 1 aliphatic carbocycles. The van der Waals surface area contributed by atoms with Crippen molar-refractivity contribution >= 4 is 29.6 Å². The van der Waals surface area contributed by atoms with E-state index >= 15 is 0 Å². The highest BCUT2D eigenvalue weighted by atomic mass is 35.5. The van der Waals surface area contributed by atoms with Gasteiger partial charge in [-0.2, -0.15) is 0 Å². The fourth-order valence-corrected chi connectivity index (χ4v) is 3.55. The largest absolute Gasteiger partial charge is 0.462 e. The summed E-state index contributed by atoms with van der Waals surface area (Å²) in [5, 5.41) is 0.543. The summed E-state index contributed by atoms with van der Waals surface area (Å²) in [4.78, 5) is 24.8. The van der Waals surface area contributed by atoms with Crippen LogP contribution in [0.25, 0.3) is 6.08 Å². The molecule has 0 bridgehead atoms. The summed E-state index contributed by atoms with van der Waals surface area (Å²) in [7, 11) is 0. The molecule has 5 heteroatoms. The highest BCUT2D eigenvalue weighted by molar-refractivity contribution is 6.30. The zero-order valence-corrected chi connectivity index (χ0v) is 14.0. The summed E-state index contributed by atoms with van der Waals surface area (Å²) >= 11 is 6.12. The third-order valence-electron chi connectivity index (χ3n) is 4.60. The van der Waals surface area contributed by atoms with E-state index in [-0.39, 0.29) is 31.1 Å². The van der Waals surface area contributed by atoms with Crippen LogP contribution in [0.15, 0.2) is 54.1 Å². The van der Waals surface area contributed by atoms with Gasteiger partial charge in [-0.15, -0.1) is 0 Å². The van der Waals surface area contributed by atoms with E-state index in [0.717, 1.165) is 16.7 Å². The SMILES string of the molecule is O=C1OC[C@H]2C1=Cc1ccc(Cl)cc1[C@@H]2C(=O)OCc1ccccc1. The maximum absolute atomic E-state index is 12.8. The van der Waals surface area contributed by atoms with Gasteiger partial charge in [0.15, 0.2) is 0 Å². The molecule has 4 nitrogen and oxygen atoms in total. The first-order chi connectivity index (χ1) is 12.1. The summed E-state index contributed by atoms with van der Waals surface area (Å²) < 4.78 is 10.7. The van der Waals surface area contributed by atoms with Crippen molar-refractivity contribution in [2.45, 2.75) is 12.5 Å². The standard InChI is InChI=1S/C20H15ClO4/c21-14-7-6-13-8-16-17(11-25-19(16)22)18(15(13)9-14)20(23)24-10-12-4-2-1-3-5-12/h1-9,17-18H,10-11H2/t17-,18-/m0/s1. The Morgan fingerprint density at radius 2 is 2.00 bits per heavy atom. The summed E-state index contributed by atoms with van der Waals surface area (Å²) in [5.74, 6) is -1.67. The molecule has 0 saturated carbocycles. The molecule has 0 amide bonds. The molecule has 1 heterocycles. The average Bonchev–Trinajstić information content (AvgIpc) is 2.99. The number of carbonyl (C=O) groups is 2. The average molecular weight is 355 g/mol. The van der Waals surface area contributed by atoms with E-state index in [1.165, 1.54) is 0 Å².